The molecule has 0 spiro atoms. The van der Waals surface area contributed by atoms with Gasteiger partial charge in [-0.3, -0.25) is 4.79 Å². The van der Waals surface area contributed by atoms with Crippen molar-refractivity contribution in [2.45, 2.75) is 19.8 Å². The first kappa shape index (κ1) is 9.06. The molecule has 2 rings (SSSR count). The maximum Gasteiger partial charge on any atom is 0.170 e. The molecule has 0 saturated carbocycles. The second-order valence-corrected chi connectivity index (χ2v) is 3.35. The summed E-state index contributed by atoms with van der Waals surface area (Å²) in [6.07, 6.45) is 1.15. The molecule has 1 aromatic rings. The minimum Gasteiger partial charge on any atom is -0.508 e. The first-order valence-corrected chi connectivity index (χ1v) is 4.74. The summed E-state index contributed by atoms with van der Waals surface area (Å²) in [6, 6.07) is 3.26. The molecular weight excluding hydrogens is 180 g/mol. The van der Waals surface area contributed by atoms with E-state index in [1.165, 1.54) is 6.07 Å². The number of phenols is 1. The van der Waals surface area contributed by atoms with Crippen molar-refractivity contribution in [3.8, 4) is 11.5 Å². The van der Waals surface area contributed by atoms with E-state index in [-0.39, 0.29) is 11.5 Å². The lowest BCUT2D eigenvalue weighted by Gasteiger charge is -2.17. The summed E-state index contributed by atoms with van der Waals surface area (Å²) in [5.41, 5.74) is 1.40. The van der Waals surface area contributed by atoms with Crippen LogP contribution in [-0.2, 0) is 6.42 Å². The molecule has 0 radical (unpaired) electrons. The first-order valence-electron chi connectivity index (χ1n) is 4.74. The Morgan fingerprint density at radius 1 is 1.50 bits per heavy atom. The monoisotopic (exact) mass is 192 g/mol. The Morgan fingerprint density at radius 3 is 3.00 bits per heavy atom. The zero-order chi connectivity index (χ0) is 10.1. The van der Waals surface area contributed by atoms with Gasteiger partial charge in [0.15, 0.2) is 5.78 Å². The van der Waals surface area contributed by atoms with Crippen LogP contribution in [0.1, 0.15) is 29.3 Å². The number of fused-ring (bicyclic) bond motifs is 1. The molecule has 74 valence electrons. The Balaban J connectivity index is 2.54. The number of carbonyl (C=O) groups is 1. The molecule has 0 fully saturated rings. The van der Waals surface area contributed by atoms with Gasteiger partial charge in [-0.05, 0) is 18.1 Å². The van der Waals surface area contributed by atoms with Crippen LogP contribution in [0, 0.1) is 0 Å². The van der Waals surface area contributed by atoms with Crippen molar-refractivity contribution < 1.29 is 14.6 Å². The molecule has 1 heterocycles. The lowest BCUT2D eigenvalue weighted by molar-refractivity contribution is 0.0933. The van der Waals surface area contributed by atoms with Crippen LogP contribution in [-0.4, -0.2) is 17.5 Å². The van der Waals surface area contributed by atoms with Gasteiger partial charge in [-0.25, -0.2) is 0 Å². The number of aromatic hydroxyl groups is 1. The van der Waals surface area contributed by atoms with Gasteiger partial charge in [-0.15, -0.1) is 0 Å². The van der Waals surface area contributed by atoms with Crippen LogP contribution in [0.15, 0.2) is 12.1 Å². The number of benzene rings is 1. The summed E-state index contributed by atoms with van der Waals surface area (Å²) >= 11 is 0. The highest BCUT2D eigenvalue weighted by molar-refractivity contribution is 6.00. The Kier molecular flexibility index (Phi) is 2.15. The van der Waals surface area contributed by atoms with E-state index in [9.17, 15) is 9.90 Å². The molecule has 0 bridgehead atoms. The third-order valence-corrected chi connectivity index (χ3v) is 2.45. The smallest absolute Gasteiger partial charge is 0.170 e. The van der Waals surface area contributed by atoms with Gasteiger partial charge in [0.25, 0.3) is 0 Å². The van der Waals surface area contributed by atoms with Gasteiger partial charge in [0.2, 0.25) is 0 Å². The molecule has 0 saturated heterocycles. The van der Waals surface area contributed by atoms with E-state index in [0.717, 1.165) is 5.56 Å². The van der Waals surface area contributed by atoms with Gasteiger partial charge >= 0.3 is 0 Å². The zero-order valence-corrected chi connectivity index (χ0v) is 8.04. The summed E-state index contributed by atoms with van der Waals surface area (Å²) < 4.78 is 5.29. The molecule has 0 amide bonds. The van der Waals surface area contributed by atoms with Crippen molar-refractivity contribution in [2.75, 3.05) is 6.61 Å². The lowest BCUT2D eigenvalue weighted by atomic mass is 10.0. The number of hydrogen-bond acceptors (Lipinski definition) is 3. The molecule has 0 aromatic heterocycles. The molecule has 3 heteroatoms. The number of ether oxygens (including phenoxy) is 1. The van der Waals surface area contributed by atoms with Crippen LogP contribution in [0.5, 0.6) is 11.5 Å². The van der Waals surface area contributed by atoms with Crippen LogP contribution < -0.4 is 4.74 Å². The number of Topliss-reactive ketones (excluding diaryl/α,β-unsaturated/α-hetero) is 1. The third kappa shape index (κ3) is 1.35. The molecule has 1 N–H and O–H groups in total. The summed E-state index contributed by atoms with van der Waals surface area (Å²) in [5.74, 6) is 0.817. The van der Waals surface area contributed by atoms with Gasteiger partial charge in [-0.1, -0.05) is 6.92 Å². The Labute approximate surface area is 82.3 Å². The minimum absolute atomic E-state index is 0.0981. The van der Waals surface area contributed by atoms with E-state index in [1.54, 1.807) is 6.07 Å². The van der Waals surface area contributed by atoms with Gasteiger partial charge < -0.3 is 9.84 Å². The molecule has 1 aliphatic rings. The molecule has 14 heavy (non-hydrogen) atoms. The van der Waals surface area contributed by atoms with Gasteiger partial charge in [0, 0.05) is 12.5 Å². The molecule has 3 nitrogen and oxygen atoms in total. The van der Waals surface area contributed by atoms with Crippen molar-refractivity contribution in [2.24, 2.45) is 0 Å². The van der Waals surface area contributed by atoms with Gasteiger partial charge in [-0.2, -0.15) is 0 Å². The van der Waals surface area contributed by atoms with Crippen molar-refractivity contribution in [3.63, 3.8) is 0 Å². The molecular formula is C11H12O3. The summed E-state index contributed by atoms with van der Waals surface area (Å²) in [6.45, 7) is 2.35. The second kappa shape index (κ2) is 3.33. The predicted octanol–water partition coefficient (Wildman–Crippen LogP) is 1.92. The van der Waals surface area contributed by atoms with E-state index in [1.807, 2.05) is 6.92 Å². The fraction of sp³-hybridized carbons (Fsp3) is 0.364. The van der Waals surface area contributed by atoms with Crippen LogP contribution in [0.4, 0.5) is 0 Å². The lowest BCUT2D eigenvalue weighted by Crippen LogP contribution is -2.15. The van der Waals surface area contributed by atoms with Gasteiger partial charge in [0.1, 0.15) is 11.5 Å². The molecule has 0 unspecified atom stereocenters. The maximum absolute atomic E-state index is 11.5. The van der Waals surface area contributed by atoms with E-state index >= 15 is 0 Å². The number of phenolic OH excluding ortho intramolecular Hbond substituents is 1. The average molecular weight is 192 g/mol. The van der Waals surface area contributed by atoms with Crippen LogP contribution in [0.3, 0.4) is 0 Å². The Hall–Kier alpha value is -1.51. The van der Waals surface area contributed by atoms with Crippen molar-refractivity contribution >= 4 is 5.78 Å². The Bertz CT molecular complexity index is 382. The summed E-state index contributed by atoms with van der Waals surface area (Å²) in [5, 5.41) is 9.56. The summed E-state index contributed by atoms with van der Waals surface area (Å²) in [7, 11) is 0. The number of rotatable bonds is 1. The SMILES string of the molecule is CCc1cc2c(cc1O)OCCC2=O. The molecule has 1 aromatic carbocycles. The molecule has 0 atom stereocenters. The van der Waals surface area contributed by atoms with Gasteiger partial charge in [0.05, 0.1) is 12.2 Å². The fourth-order valence-corrected chi connectivity index (χ4v) is 1.62. The standard InChI is InChI=1S/C11H12O3/c1-2-7-5-8-9(12)3-4-14-11(8)6-10(7)13/h5-6,13H,2-4H2,1H3. The quantitative estimate of drug-likeness (QED) is 0.739. The zero-order valence-electron chi connectivity index (χ0n) is 8.04. The largest absolute Gasteiger partial charge is 0.508 e. The molecule has 1 aliphatic heterocycles. The normalized spacial score (nSPS) is 14.8. The minimum atomic E-state index is 0.0981. The highest BCUT2D eigenvalue weighted by Crippen LogP contribution is 2.31. The third-order valence-electron chi connectivity index (χ3n) is 2.45. The highest BCUT2D eigenvalue weighted by atomic mass is 16.5. The first-order chi connectivity index (χ1) is 6.72. The number of carbonyl (C=O) groups excluding carboxylic acids is 1. The fourth-order valence-electron chi connectivity index (χ4n) is 1.62. The van der Waals surface area contributed by atoms with Crippen LogP contribution in [0.2, 0.25) is 0 Å². The maximum atomic E-state index is 11.5. The Morgan fingerprint density at radius 2 is 2.29 bits per heavy atom. The van der Waals surface area contributed by atoms with E-state index < -0.39 is 0 Å². The van der Waals surface area contributed by atoms with Crippen LogP contribution >= 0.6 is 0 Å². The highest BCUT2D eigenvalue weighted by Gasteiger charge is 2.20. The van der Waals surface area contributed by atoms with Crippen molar-refractivity contribution in [1.29, 1.82) is 0 Å². The second-order valence-electron chi connectivity index (χ2n) is 3.35. The number of ketones is 1. The number of aryl methyl sites for hydroxylation is 1. The summed E-state index contributed by atoms with van der Waals surface area (Å²) in [4.78, 5) is 11.5. The topological polar surface area (TPSA) is 46.5 Å². The van der Waals surface area contributed by atoms with Crippen molar-refractivity contribution in [1.82, 2.24) is 0 Å². The van der Waals surface area contributed by atoms with Crippen LogP contribution in [0.25, 0.3) is 0 Å². The van der Waals surface area contributed by atoms with E-state index in [2.05, 4.69) is 0 Å². The molecule has 0 aliphatic carbocycles. The van der Waals surface area contributed by atoms with E-state index in [4.69, 9.17) is 4.74 Å². The van der Waals surface area contributed by atoms with E-state index in [0.29, 0.717) is 30.8 Å². The predicted molar refractivity (Wildman–Crippen MR) is 51.9 cm³/mol. The number of hydrogen-bond donors (Lipinski definition) is 1. The van der Waals surface area contributed by atoms with Crippen molar-refractivity contribution in [3.05, 3.63) is 23.3 Å². The average Bonchev–Trinajstić information content (AvgIpc) is 2.17.